The summed E-state index contributed by atoms with van der Waals surface area (Å²) in [6.45, 7) is 5.85. The average Bonchev–Trinajstić information content (AvgIpc) is 2.79. The summed E-state index contributed by atoms with van der Waals surface area (Å²) in [5.74, 6) is 0. The Morgan fingerprint density at radius 1 is 1.45 bits per heavy atom. The second-order valence-electron chi connectivity index (χ2n) is 5.81. The molecule has 1 amide bonds. The molecule has 0 saturated carbocycles. The number of carbonyl (C=O) groups excluding carboxylic acids is 1. The second-order valence-corrected chi connectivity index (χ2v) is 7.25. The molecule has 5 nitrogen and oxygen atoms in total. The van der Waals surface area contributed by atoms with Crippen molar-refractivity contribution in [3.8, 4) is 10.6 Å². The van der Waals surface area contributed by atoms with Gasteiger partial charge in [-0.3, -0.25) is 4.98 Å². The summed E-state index contributed by atoms with van der Waals surface area (Å²) in [6.07, 6.45) is 3.05. The lowest BCUT2D eigenvalue weighted by Gasteiger charge is -2.24. The highest BCUT2D eigenvalue weighted by Crippen LogP contribution is 2.31. The van der Waals surface area contributed by atoms with Gasteiger partial charge in [0.15, 0.2) is 0 Å². The van der Waals surface area contributed by atoms with Gasteiger partial charge >= 0.3 is 6.09 Å². The van der Waals surface area contributed by atoms with Gasteiger partial charge in [-0.2, -0.15) is 0 Å². The number of hydrogen-bond donors (Lipinski definition) is 0. The van der Waals surface area contributed by atoms with Gasteiger partial charge in [0.2, 0.25) is 0 Å². The number of ether oxygens (including phenoxy) is 1. The summed E-state index contributed by atoms with van der Waals surface area (Å²) < 4.78 is 5.32. The smallest absolute Gasteiger partial charge is 0.410 e. The first-order valence-corrected chi connectivity index (χ1v) is 7.95. The fraction of sp³-hybridized carbons (Fsp3) is 0.400. The highest BCUT2D eigenvalue weighted by molar-refractivity contribution is 7.15. The third kappa shape index (κ3) is 4.42. The van der Waals surface area contributed by atoms with E-state index in [4.69, 9.17) is 16.3 Å². The maximum Gasteiger partial charge on any atom is 0.410 e. The van der Waals surface area contributed by atoms with Gasteiger partial charge in [-0.1, -0.05) is 11.6 Å². The van der Waals surface area contributed by atoms with Crippen molar-refractivity contribution in [3.63, 3.8) is 0 Å². The molecule has 22 heavy (non-hydrogen) atoms. The first-order valence-electron chi connectivity index (χ1n) is 6.76. The normalized spacial score (nSPS) is 11.3. The number of carbonyl (C=O) groups is 1. The molecule has 0 spiro atoms. The Morgan fingerprint density at radius 3 is 2.77 bits per heavy atom. The maximum absolute atomic E-state index is 12.0. The Hall–Kier alpha value is -1.66. The van der Waals surface area contributed by atoms with E-state index in [0.29, 0.717) is 11.7 Å². The van der Waals surface area contributed by atoms with E-state index in [1.807, 2.05) is 32.9 Å². The minimum atomic E-state index is -0.524. The first-order chi connectivity index (χ1) is 10.3. The Balaban J connectivity index is 2.11. The van der Waals surface area contributed by atoms with Crippen LogP contribution >= 0.6 is 22.9 Å². The first kappa shape index (κ1) is 16.7. The van der Waals surface area contributed by atoms with Crippen LogP contribution in [-0.4, -0.2) is 33.6 Å². The van der Waals surface area contributed by atoms with Crippen LogP contribution in [0.4, 0.5) is 4.79 Å². The van der Waals surface area contributed by atoms with Crippen molar-refractivity contribution in [1.29, 1.82) is 0 Å². The van der Waals surface area contributed by atoms with Crippen molar-refractivity contribution in [3.05, 3.63) is 34.6 Å². The number of pyridine rings is 1. The molecule has 2 aromatic heterocycles. The standard InChI is InChI=1S/C15H18ClN3O2S/c1-15(2,3)21-14(20)19(4)9-11-12(16)18-13(22-11)10-6-5-7-17-8-10/h5-8H,9H2,1-4H3. The molecule has 2 aromatic rings. The molecule has 2 rings (SSSR count). The number of amides is 1. The van der Waals surface area contributed by atoms with Crippen LogP contribution in [0.15, 0.2) is 24.5 Å². The molecule has 2 heterocycles. The predicted molar refractivity (Wildman–Crippen MR) is 88.1 cm³/mol. The van der Waals surface area contributed by atoms with E-state index in [9.17, 15) is 4.79 Å². The minimum absolute atomic E-state index is 0.353. The van der Waals surface area contributed by atoms with Gasteiger partial charge in [-0.05, 0) is 32.9 Å². The van der Waals surface area contributed by atoms with Crippen LogP contribution in [-0.2, 0) is 11.3 Å². The lowest BCUT2D eigenvalue weighted by atomic mass is 10.2. The molecular formula is C15H18ClN3O2S. The van der Waals surface area contributed by atoms with Crippen LogP contribution in [0, 0.1) is 0 Å². The van der Waals surface area contributed by atoms with E-state index in [1.54, 1.807) is 19.4 Å². The van der Waals surface area contributed by atoms with Crippen LogP contribution in [0.3, 0.4) is 0 Å². The van der Waals surface area contributed by atoms with Crippen LogP contribution in [0.25, 0.3) is 10.6 Å². The van der Waals surface area contributed by atoms with Gasteiger partial charge in [0.25, 0.3) is 0 Å². The summed E-state index contributed by atoms with van der Waals surface area (Å²) in [5.41, 5.74) is 0.379. The summed E-state index contributed by atoms with van der Waals surface area (Å²) in [7, 11) is 1.67. The van der Waals surface area contributed by atoms with Crippen LogP contribution < -0.4 is 0 Å². The average molecular weight is 340 g/mol. The molecule has 0 saturated heterocycles. The third-order valence-corrected chi connectivity index (χ3v) is 4.16. The Kier molecular flexibility index (Phi) is 5.03. The summed E-state index contributed by atoms with van der Waals surface area (Å²) >= 11 is 7.62. The molecule has 0 aliphatic rings. The lowest BCUT2D eigenvalue weighted by Crippen LogP contribution is -2.33. The van der Waals surface area contributed by atoms with Crippen molar-refractivity contribution in [2.24, 2.45) is 0 Å². The molecule has 0 aromatic carbocycles. The Bertz CT molecular complexity index is 653. The SMILES string of the molecule is CN(Cc1sc(-c2cccnc2)nc1Cl)C(=O)OC(C)(C)C. The zero-order valence-corrected chi connectivity index (χ0v) is 14.5. The van der Waals surface area contributed by atoms with Crippen LogP contribution in [0.5, 0.6) is 0 Å². The van der Waals surface area contributed by atoms with Crippen LogP contribution in [0.2, 0.25) is 5.15 Å². The largest absolute Gasteiger partial charge is 0.444 e. The number of halogens is 1. The zero-order chi connectivity index (χ0) is 16.3. The minimum Gasteiger partial charge on any atom is -0.444 e. The van der Waals surface area contributed by atoms with Crippen molar-refractivity contribution >= 4 is 29.0 Å². The zero-order valence-electron chi connectivity index (χ0n) is 13.0. The van der Waals surface area contributed by atoms with Gasteiger partial charge in [0.05, 0.1) is 11.4 Å². The van der Waals surface area contributed by atoms with E-state index < -0.39 is 5.60 Å². The molecule has 0 aliphatic carbocycles. The fourth-order valence-corrected chi connectivity index (χ4v) is 2.97. The van der Waals surface area contributed by atoms with Gasteiger partial charge in [0, 0.05) is 25.0 Å². The molecular weight excluding hydrogens is 322 g/mol. The van der Waals surface area contributed by atoms with Gasteiger partial charge in [-0.25, -0.2) is 9.78 Å². The number of hydrogen-bond acceptors (Lipinski definition) is 5. The monoisotopic (exact) mass is 339 g/mol. The lowest BCUT2D eigenvalue weighted by molar-refractivity contribution is 0.0287. The van der Waals surface area contributed by atoms with Gasteiger partial charge in [0.1, 0.15) is 15.8 Å². The van der Waals surface area contributed by atoms with Crippen LogP contribution in [0.1, 0.15) is 25.6 Å². The summed E-state index contributed by atoms with van der Waals surface area (Å²) in [6, 6.07) is 3.76. The number of nitrogens with zero attached hydrogens (tertiary/aromatic N) is 3. The fourth-order valence-electron chi connectivity index (χ4n) is 1.66. The molecule has 0 fully saturated rings. The molecule has 0 atom stereocenters. The Morgan fingerprint density at radius 2 is 2.18 bits per heavy atom. The van der Waals surface area contributed by atoms with Crippen molar-refractivity contribution in [1.82, 2.24) is 14.9 Å². The highest BCUT2D eigenvalue weighted by atomic mass is 35.5. The van der Waals surface area contributed by atoms with Crippen molar-refractivity contribution < 1.29 is 9.53 Å². The molecule has 0 N–H and O–H groups in total. The second kappa shape index (κ2) is 6.62. The van der Waals surface area contributed by atoms with Crippen molar-refractivity contribution in [2.45, 2.75) is 32.9 Å². The van der Waals surface area contributed by atoms with E-state index in [1.165, 1.54) is 16.2 Å². The maximum atomic E-state index is 12.0. The number of rotatable bonds is 3. The summed E-state index contributed by atoms with van der Waals surface area (Å²) in [5, 5.41) is 1.19. The quantitative estimate of drug-likeness (QED) is 0.839. The molecule has 0 unspecified atom stereocenters. The molecule has 0 bridgehead atoms. The number of thiazole rings is 1. The Labute approximate surface area is 138 Å². The molecule has 7 heteroatoms. The van der Waals surface area contributed by atoms with E-state index in [-0.39, 0.29) is 6.09 Å². The number of aromatic nitrogens is 2. The van der Waals surface area contributed by atoms with E-state index >= 15 is 0 Å². The molecule has 0 aliphatic heterocycles. The van der Waals surface area contributed by atoms with E-state index in [2.05, 4.69) is 9.97 Å². The predicted octanol–water partition coefficient (Wildman–Crippen LogP) is 4.23. The van der Waals surface area contributed by atoms with E-state index in [0.717, 1.165) is 15.4 Å². The summed E-state index contributed by atoms with van der Waals surface area (Å²) in [4.78, 5) is 22.7. The van der Waals surface area contributed by atoms with Gasteiger partial charge in [-0.15, -0.1) is 11.3 Å². The highest BCUT2D eigenvalue weighted by Gasteiger charge is 2.21. The van der Waals surface area contributed by atoms with Gasteiger partial charge < -0.3 is 9.64 Å². The molecule has 0 radical (unpaired) electrons. The third-order valence-electron chi connectivity index (χ3n) is 2.64. The topological polar surface area (TPSA) is 55.3 Å². The van der Waals surface area contributed by atoms with Crippen molar-refractivity contribution in [2.75, 3.05) is 7.05 Å². The molecule has 118 valence electrons.